The van der Waals surface area contributed by atoms with Crippen molar-refractivity contribution in [2.75, 3.05) is 6.61 Å². The molecule has 4 N–H and O–H groups in total. The molecule has 1 aliphatic heterocycles. The second-order valence-electron chi connectivity index (χ2n) is 3.40. The summed E-state index contributed by atoms with van der Waals surface area (Å²) in [6.45, 7) is 0.829. The molecule has 1 fully saturated rings. The Labute approximate surface area is 85.9 Å². The van der Waals surface area contributed by atoms with E-state index in [4.69, 9.17) is 9.84 Å². The van der Waals surface area contributed by atoms with Gasteiger partial charge in [-0.15, -0.1) is 0 Å². The number of hydrogen-bond acceptors (Lipinski definition) is 7. The summed E-state index contributed by atoms with van der Waals surface area (Å²) < 4.78 is 9.29. The van der Waals surface area contributed by atoms with Crippen molar-refractivity contribution in [3.63, 3.8) is 0 Å². The molecule has 1 saturated heterocycles. The third kappa shape index (κ3) is 1.97. The van der Waals surface area contributed by atoms with E-state index in [1.807, 2.05) is 0 Å². The maximum Gasteiger partial charge on any atom is 0.293 e. The lowest BCUT2D eigenvalue weighted by molar-refractivity contribution is -0.275. The van der Waals surface area contributed by atoms with Gasteiger partial charge in [-0.3, -0.25) is 4.79 Å². The molecule has 0 aromatic rings. The topological polar surface area (TPSA) is 116 Å². The van der Waals surface area contributed by atoms with Gasteiger partial charge in [-0.05, 0) is 6.92 Å². The van der Waals surface area contributed by atoms with Crippen LogP contribution in [0.4, 0.5) is 0 Å². The maximum atomic E-state index is 10.1. The molecule has 1 aliphatic rings. The summed E-state index contributed by atoms with van der Waals surface area (Å²) in [6, 6.07) is 0. The standard InChI is InChI=1S/C8H14O7/c1-4(14-3-10)8(13)7(12)6(11)5(2-9)15-8/h3-7,9,11-13H,2H2,1H3/t4?,5-,6-,7+,8?/m1/s1. The van der Waals surface area contributed by atoms with Gasteiger partial charge in [0.15, 0.2) is 6.10 Å². The third-order valence-electron chi connectivity index (χ3n) is 2.49. The molecule has 2 unspecified atom stereocenters. The van der Waals surface area contributed by atoms with Crippen LogP contribution in [0.25, 0.3) is 0 Å². The van der Waals surface area contributed by atoms with Crippen molar-refractivity contribution in [3.05, 3.63) is 0 Å². The summed E-state index contributed by atoms with van der Waals surface area (Å²) in [5.74, 6) is -2.20. The van der Waals surface area contributed by atoms with E-state index in [-0.39, 0.29) is 6.47 Å². The highest BCUT2D eigenvalue weighted by atomic mass is 16.7. The van der Waals surface area contributed by atoms with Gasteiger partial charge in [0.25, 0.3) is 6.47 Å². The molecular weight excluding hydrogens is 208 g/mol. The molecule has 0 spiro atoms. The third-order valence-corrected chi connectivity index (χ3v) is 2.49. The molecule has 1 rings (SSSR count). The Bertz CT molecular complexity index is 233. The van der Waals surface area contributed by atoms with E-state index in [1.54, 1.807) is 0 Å². The molecule has 0 aromatic heterocycles. The summed E-state index contributed by atoms with van der Waals surface area (Å²) in [5, 5.41) is 37.4. The molecule has 0 aliphatic carbocycles. The van der Waals surface area contributed by atoms with Crippen molar-refractivity contribution >= 4 is 6.47 Å². The van der Waals surface area contributed by atoms with E-state index < -0.39 is 36.8 Å². The lowest BCUT2D eigenvalue weighted by atomic mass is 10.0. The number of hydrogen-bond donors (Lipinski definition) is 4. The Morgan fingerprint density at radius 2 is 2.20 bits per heavy atom. The van der Waals surface area contributed by atoms with Gasteiger partial charge in [-0.25, -0.2) is 0 Å². The number of aliphatic hydroxyl groups is 4. The average molecular weight is 222 g/mol. The smallest absolute Gasteiger partial charge is 0.293 e. The molecule has 0 saturated carbocycles. The van der Waals surface area contributed by atoms with Crippen LogP contribution in [0.2, 0.25) is 0 Å². The van der Waals surface area contributed by atoms with Crippen LogP contribution in [0.1, 0.15) is 6.92 Å². The first-order valence-electron chi connectivity index (χ1n) is 4.43. The van der Waals surface area contributed by atoms with Crippen LogP contribution in [0, 0.1) is 0 Å². The Morgan fingerprint density at radius 1 is 1.60 bits per heavy atom. The van der Waals surface area contributed by atoms with Gasteiger partial charge in [0, 0.05) is 0 Å². The summed E-state index contributed by atoms with van der Waals surface area (Å²) >= 11 is 0. The van der Waals surface area contributed by atoms with Crippen molar-refractivity contribution in [3.8, 4) is 0 Å². The zero-order chi connectivity index (χ0) is 11.6. The van der Waals surface area contributed by atoms with Crippen LogP contribution in [-0.4, -0.2) is 63.7 Å². The van der Waals surface area contributed by atoms with E-state index >= 15 is 0 Å². The minimum absolute atomic E-state index is 0.0946. The van der Waals surface area contributed by atoms with Gasteiger partial charge in [0.05, 0.1) is 6.61 Å². The van der Waals surface area contributed by atoms with Gasteiger partial charge >= 0.3 is 0 Å². The second kappa shape index (κ2) is 4.42. The molecular formula is C8H14O7. The van der Waals surface area contributed by atoms with Gasteiger partial charge in [-0.2, -0.15) is 0 Å². The molecule has 7 nitrogen and oxygen atoms in total. The molecule has 0 bridgehead atoms. The number of rotatable bonds is 4. The fraction of sp³-hybridized carbons (Fsp3) is 0.875. The first-order valence-corrected chi connectivity index (χ1v) is 4.43. The summed E-state index contributed by atoms with van der Waals surface area (Å²) in [5.41, 5.74) is 0. The summed E-state index contributed by atoms with van der Waals surface area (Å²) in [6.07, 6.45) is -5.35. The van der Waals surface area contributed by atoms with Crippen LogP contribution in [0.5, 0.6) is 0 Å². The maximum absolute atomic E-state index is 10.1. The van der Waals surface area contributed by atoms with E-state index in [0.717, 1.165) is 0 Å². The monoisotopic (exact) mass is 222 g/mol. The average Bonchev–Trinajstić information content (AvgIpc) is 2.44. The van der Waals surface area contributed by atoms with Crippen LogP contribution >= 0.6 is 0 Å². The number of ether oxygens (including phenoxy) is 2. The van der Waals surface area contributed by atoms with Crippen molar-refractivity contribution < 1.29 is 34.7 Å². The Balaban J connectivity index is 2.80. The van der Waals surface area contributed by atoms with Crippen LogP contribution in [0.15, 0.2) is 0 Å². The van der Waals surface area contributed by atoms with Crippen LogP contribution in [0.3, 0.4) is 0 Å². The summed E-state index contributed by atoms with van der Waals surface area (Å²) in [7, 11) is 0. The highest BCUT2D eigenvalue weighted by molar-refractivity contribution is 5.37. The molecule has 0 amide bonds. The second-order valence-corrected chi connectivity index (χ2v) is 3.40. The van der Waals surface area contributed by atoms with Crippen LogP contribution < -0.4 is 0 Å². The molecule has 5 atom stereocenters. The van der Waals surface area contributed by atoms with E-state index in [2.05, 4.69) is 4.74 Å². The lowest BCUT2D eigenvalue weighted by Gasteiger charge is -2.30. The first-order chi connectivity index (χ1) is 6.97. The highest BCUT2D eigenvalue weighted by Gasteiger charge is 2.57. The molecule has 1 heterocycles. The van der Waals surface area contributed by atoms with Gasteiger partial charge < -0.3 is 29.9 Å². The van der Waals surface area contributed by atoms with E-state index in [1.165, 1.54) is 6.92 Å². The van der Waals surface area contributed by atoms with Gasteiger partial charge in [0.2, 0.25) is 5.79 Å². The molecule has 0 radical (unpaired) electrons. The minimum Gasteiger partial charge on any atom is -0.459 e. The zero-order valence-corrected chi connectivity index (χ0v) is 8.11. The number of carbonyl (C=O) groups is 1. The number of carbonyl (C=O) groups excluding carboxylic acids is 1. The Hall–Kier alpha value is -0.730. The van der Waals surface area contributed by atoms with Crippen molar-refractivity contribution in [2.24, 2.45) is 0 Å². The molecule has 0 aromatic carbocycles. The normalized spacial score (nSPS) is 42.6. The van der Waals surface area contributed by atoms with Crippen molar-refractivity contribution in [2.45, 2.75) is 37.1 Å². The largest absolute Gasteiger partial charge is 0.459 e. The quantitative estimate of drug-likeness (QED) is 0.384. The molecule has 88 valence electrons. The predicted molar refractivity (Wildman–Crippen MR) is 45.5 cm³/mol. The van der Waals surface area contributed by atoms with E-state index in [9.17, 15) is 20.1 Å². The SMILES string of the molecule is CC(OC=O)C1(O)O[C@H](CO)[C@@H](O)[C@@H]1O. The van der Waals surface area contributed by atoms with Crippen molar-refractivity contribution in [1.82, 2.24) is 0 Å². The fourth-order valence-corrected chi connectivity index (χ4v) is 1.49. The Kier molecular flexibility index (Phi) is 3.63. The van der Waals surface area contributed by atoms with Crippen molar-refractivity contribution in [1.29, 1.82) is 0 Å². The van der Waals surface area contributed by atoms with Crippen LogP contribution in [-0.2, 0) is 14.3 Å². The number of aliphatic hydroxyl groups excluding tert-OH is 3. The van der Waals surface area contributed by atoms with Gasteiger partial charge in [0.1, 0.15) is 18.3 Å². The Morgan fingerprint density at radius 3 is 2.60 bits per heavy atom. The van der Waals surface area contributed by atoms with Gasteiger partial charge in [-0.1, -0.05) is 0 Å². The zero-order valence-electron chi connectivity index (χ0n) is 8.11. The predicted octanol–water partition coefficient (Wildman–Crippen LogP) is -2.65. The minimum atomic E-state index is -2.20. The lowest BCUT2D eigenvalue weighted by Crippen LogP contribution is -2.52. The summed E-state index contributed by atoms with van der Waals surface area (Å²) in [4.78, 5) is 10.1. The first kappa shape index (κ1) is 12.3. The van der Waals surface area contributed by atoms with E-state index in [0.29, 0.717) is 0 Å². The molecule has 7 heteroatoms. The molecule has 15 heavy (non-hydrogen) atoms. The fourth-order valence-electron chi connectivity index (χ4n) is 1.49. The highest BCUT2D eigenvalue weighted by Crippen LogP contribution is 2.32.